The summed E-state index contributed by atoms with van der Waals surface area (Å²) in [4.78, 5) is 0. The summed E-state index contributed by atoms with van der Waals surface area (Å²) < 4.78 is 1.76. The molecule has 0 radical (unpaired) electrons. The minimum atomic E-state index is 0.711. The van der Waals surface area contributed by atoms with E-state index in [0.717, 1.165) is 24.2 Å². The summed E-state index contributed by atoms with van der Waals surface area (Å²) in [5.41, 5.74) is 1.98. The standard InChI is InChI=1S/C12H14ClN3/c1-2-3-6-11-9-16(15-14-11)12-7-4-5-10(13)8-12/h4-5,7-9H,2-3,6H2,1H3. The van der Waals surface area contributed by atoms with Gasteiger partial charge in [0.05, 0.1) is 17.6 Å². The number of aryl methyl sites for hydroxylation is 1. The van der Waals surface area contributed by atoms with Gasteiger partial charge in [0.1, 0.15) is 0 Å². The Labute approximate surface area is 100 Å². The van der Waals surface area contributed by atoms with E-state index in [9.17, 15) is 0 Å². The van der Waals surface area contributed by atoms with E-state index < -0.39 is 0 Å². The molecule has 0 fully saturated rings. The minimum absolute atomic E-state index is 0.711. The van der Waals surface area contributed by atoms with Gasteiger partial charge in [0.2, 0.25) is 0 Å². The second kappa shape index (κ2) is 5.12. The Morgan fingerprint density at radius 1 is 1.38 bits per heavy atom. The van der Waals surface area contributed by atoms with E-state index >= 15 is 0 Å². The van der Waals surface area contributed by atoms with Gasteiger partial charge >= 0.3 is 0 Å². The van der Waals surface area contributed by atoms with Crippen LogP contribution in [0.4, 0.5) is 0 Å². The van der Waals surface area contributed by atoms with Crippen LogP contribution in [0.25, 0.3) is 5.69 Å². The van der Waals surface area contributed by atoms with E-state index in [2.05, 4.69) is 17.2 Å². The molecule has 1 heterocycles. The number of nitrogens with zero attached hydrogens (tertiary/aromatic N) is 3. The average molecular weight is 236 g/mol. The van der Waals surface area contributed by atoms with E-state index in [1.165, 1.54) is 6.42 Å². The molecule has 2 aromatic rings. The molecule has 0 spiro atoms. The molecule has 0 aliphatic heterocycles. The molecule has 0 atom stereocenters. The maximum atomic E-state index is 5.92. The summed E-state index contributed by atoms with van der Waals surface area (Å²) in [7, 11) is 0. The summed E-state index contributed by atoms with van der Waals surface area (Å²) in [5, 5.41) is 8.93. The first-order valence-electron chi connectivity index (χ1n) is 5.47. The molecule has 16 heavy (non-hydrogen) atoms. The Hall–Kier alpha value is -1.35. The van der Waals surface area contributed by atoms with Crippen LogP contribution in [0.2, 0.25) is 5.02 Å². The quantitative estimate of drug-likeness (QED) is 0.815. The monoisotopic (exact) mass is 235 g/mol. The van der Waals surface area contributed by atoms with E-state index in [-0.39, 0.29) is 0 Å². The van der Waals surface area contributed by atoms with Crippen LogP contribution >= 0.6 is 11.6 Å². The van der Waals surface area contributed by atoms with Gasteiger partial charge in [-0.3, -0.25) is 0 Å². The van der Waals surface area contributed by atoms with Crippen LogP contribution in [0.3, 0.4) is 0 Å². The van der Waals surface area contributed by atoms with Crippen LogP contribution in [-0.2, 0) is 6.42 Å². The molecule has 3 nitrogen and oxygen atoms in total. The highest BCUT2D eigenvalue weighted by molar-refractivity contribution is 6.30. The van der Waals surface area contributed by atoms with Crippen LogP contribution in [-0.4, -0.2) is 15.0 Å². The van der Waals surface area contributed by atoms with Gasteiger partial charge in [0.25, 0.3) is 0 Å². The van der Waals surface area contributed by atoms with E-state index in [0.29, 0.717) is 5.02 Å². The van der Waals surface area contributed by atoms with Crippen molar-refractivity contribution in [2.24, 2.45) is 0 Å². The summed E-state index contributed by atoms with van der Waals surface area (Å²) in [6.45, 7) is 2.17. The largest absolute Gasteiger partial charge is 0.220 e. The van der Waals surface area contributed by atoms with Crippen LogP contribution < -0.4 is 0 Å². The first-order valence-corrected chi connectivity index (χ1v) is 5.84. The molecule has 0 saturated heterocycles. The molecule has 2 rings (SSSR count). The highest BCUT2D eigenvalue weighted by atomic mass is 35.5. The Kier molecular flexibility index (Phi) is 3.57. The molecule has 0 N–H and O–H groups in total. The third-order valence-corrected chi connectivity index (χ3v) is 2.64. The van der Waals surface area contributed by atoms with Gasteiger partial charge in [-0.05, 0) is 31.0 Å². The zero-order chi connectivity index (χ0) is 11.4. The molecule has 1 aromatic carbocycles. The zero-order valence-electron chi connectivity index (χ0n) is 9.23. The fraction of sp³-hybridized carbons (Fsp3) is 0.333. The van der Waals surface area contributed by atoms with Gasteiger partial charge in [0, 0.05) is 5.02 Å². The van der Waals surface area contributed by atoms with Crippen LogP contribution in [0.15, 0.2) is 30.5 Å². The number of hydrogen-bond donors (Lipinski definition) is 0. The molecule has 0 saturated carbocycles. The first-order chi connectivity index (χ1) is 7.79. The Bertz CT molecular complexity index is 465. The topological polar surface area (TPSA) is 30.7 Å². The normalized spacial score (nSPS) is 10.6. The van der Waals surface area contributed by atoms with Crippen LogP contribution in [0.5, 0.6) is 0 Å². The van der Waals surface area contributed by atoms with Gasteiger partial charge in [-0.25, -0.2) is 4.68 Å². The fourth-order valence-electron chi connectivity index (χ4n) is 1.52. The van der Waals surface area contributed by atoms with E-state index in [1.54, 1.807) is 4.68 Å². The number of rotatable bonds is 4. The van der Waals surface area contributed by atoms with Gasteiger partial charge in [-0.1, -0.05) is 36.2 Å². The zero-order valence-corrected chi connectivity index (χ0v) is 9.98. The van der Waals surface area contributed by atoms with Crippen molar-refractivity contribution < 1.29 is 0 Å². The predicted molar refractivity (Wildman–Crippen MR) is 65.0 cm³/mol. The van der Waals surface area contributed by atoms with Crippen LogP contribution in [0.1, 0.15) is 25.5 Å². The minimum Gasteiger partial charge on any atom is -0.220 e. The second-order valence-electron chi connectivity index (χ2n) is 3.74. The van der Waals surface area contributed by atoms with Crippen molar-refractivity contribution in [2.75, 3.05) is 0 Å². The maximum absolute atomic E-state index is 5.92. The highest BCUT2D eigenvalue weighted by Crippen LogP contribution is 2.14. The van der Waals surface area contributed by atoms with Gasteiger partial charge in [-0.15, -0.1) is 5.10 Å². The number of aromatic nitrogens is 3. The average Bonchev–Trinajstić information content (AvgIpc) is 2.75. The Morgan fingerprint density at radius 3 is 3.00 bits per heavy atom. The van der Waals surface area contributed by atoms with Crippen molar-refractivity contribution in [1.29, 1.82) is 0 Å². The van der Waals surface area contributed by atoms with Crippen molar-refractivity contribution in [1.82, 2.24) is 15.0 Å². The molecule has 0 unspecified atom stereocenters. The van der Waals surface area contributed by atoms with Gasteiger partial charge in [0.15, 0.2) is 0 Å². The molecule has 1 aromatic heterocycles. The maximum Gasteiger partial charge on any atom is 0.0831 e. The molecular formula is C12H14ClN3. The van der Waals surface area contributed by atoms with Gasteiger partial charge in [-0.2, -0.15) is 0 Å². The lowest BCUT2D eigenvalue weighted by Crippen LogP contribution is -1.93. The number of hydrogen-bond acceptors (Lipinski definition) is 2. The van der Waals surface area contributed by atoms with Gasteiger partial charge < -0.3 is 0 Å². The third kappa shape index (κ3) is 2.61. The lowest BCUT2D eigenvalue weighted by Gasteiger charge is -1.99. The predicted octanol–water partition coefficient (Wildman–Crippen LogP) is 3.26. The second-order valence-corrected chi connectivity index (χ2v) is 4.17. The third-order valence-electron chi connectivity index (χ3n) is 2.40. The molecule has 0 aliphatic carbocycles. The molecule has 84 valence electrons. The lowest BCUT2D eigenvalue weighted by atomic mass is 10.2. The molecule has 0 bridgehead atoms. The fourth-order valence-corrected chi connectivity index (χ4v) is 1.70. The van der Waals surface area contributed by atoms with Crippen molar-refractivity contribution >= 4 is 11.6 Å². The molecule has 0 amide bonds. The summed E-state index contributed by atoms with van der Waals surface area (Å²) in [5.74, 6) is 0. The SMILES string of the molecule is CCCCc1cn(-c2cccc(Cl)c2)nn1. The summed E-state index contributed by atoms with van der Waals surface area (Å²) in [6, 6.07) is 7.59. The number of benzene rings is 1. The summed E-state index contributed by atoms with van der Waals surface area (Å²) >= 11 is 5.92. The van der Waals surface area contributed by atoms with Crippen molar-refractivity contribution in [3.63, 3.8) is 0 Å². The number of unbranched alkanes of at least 4 members (excludes halogenated alkanes) is 1. The van der Waals surface area contributed by atoms with E-state index in [1.807, 2.05) is 30.5 Å². The highest BCUT2D eigenvalue weighted by Gasteiger charge is 2.02. The van der Waals surface area contributed by atoms with Crippen molar-refractivity contribution in [3.05, 3.63) is 41.2 Å². The van der Waals surface area contributed by atoms with Crippen LogP contribution in [0, 0.1) is 0 Å². The Morgan fingerprint density at radius 2 is 2.25 bits per heavy atom. The van der Waals surface area contributed by atoms with E-state index in [4.69, 9.17) is 11.6 Å². The lowest BCUT2D eigenvalue weighted by molar-refractivity contribution is 0.761. The molecule has 4 heteroatoms. The van der Waals surface area contributed by atoms with Crippen molar-refractivity contribution in [2.45, 2.75) is 26.2 Å². The van der Waals surface area contributed by atoms with Crippen molar-refractivity contribution in [3.8, 4) is 5.69 Å². The number of halogens is 1. The molecular weight excluding hydrogens is 222 g/mol. The Balaban J connectivity index is 2.18. The first kappa shape index (κ1) is 11.1. The molecule has 0 aliphatic rings. The summed E-state index contributed by atoms with van der Waals surface area (Å²) in [6.07, 6.45) is 5.26. The smallest absolute Gasteiger partial charge is 0.0831 e.